The van der Waals surface area contributed by atoms with Crippen LogP contribution in [0.1, 0.15) is 59.3 Å². The Morgan fingerprint density at radius 1 is 1.28 bits per heavy atom. The van der Waals surface area contributed by atoms with Crippen LogP contribution in [0.15, 0.2) is 0 Å². The molecule has 0 aromatic rings. The van der Waals surface area contributed by atoms with Gasteiger partial charge in [0.15, 0.2) is 0 Å². The van der Waals surface area contributed by atoms with Crippen LogP contribution >= 0.6 is 24.2 Å². The van der Waals surface area contributed by atoms with Gasteiger partial charge >= 0.3 is 5.97 Å². The lowest BCUT2D eigenvalue weighted by Crippen LogP contribution is -2.48. The molecule has 0 saturated heterocycles. The molecule has 0 amide bonds. The van der Waals surface area contributed by atoms with Crippen molar-refractivity contribution < 1.29 is 9.90 Å². The van der Waals surface area contributed by atoms with Gasteiger partial charge in [0.2, 0.25) is 0 Å². The number of hydrogen-bond acceptors (Lipinski definition) is 3. The third kappa shape index (κ3) is 7.49. The SMILES string of the molecule is CCCCCCCC(C)(SCC)C(N)C(=O)O.Cl. The highest BCUT2D eigenvalue weighted by Crippen LogP contribution is 2.33. The molecule has 0 aliphatic rings. The molecule has 0 saturated carbocycles. The highest BCUT2D eigenvalue weighted by atomic mass is 35.5. The van der Waals surface area contributed by atoms with Gasteiger partial charge in [0.1, 0.15) is 6.04 Å². The quantitative estimate of drug-likeness (QED) is 0.604. The molecule has 3 nitrogen and oxygen atoms in total. The molecular formula is C13H28ClNO2S. The molecule has 0 rings (SSSR count). The maximum absolute atomic E-state index is 11.0. The third-order valence-corrected chi connectivity index (χ3v) is 4.58. The van der Waals surface area contributed by atoms with Crippen molar-refractivity contribution in [2.75, 3.05) is 5.75 Å². The fourth-order valence-electron chi connectivity index (χ4n) is 1.99. The molecule has 5 heteroatoms. The number of hydrogen-bond donors (Lipinski definition) is 2. The van der Waals surface area contributed by atoms with Crippen LogP contribution in [0, 0.1) is 0 Å². The predicted molar refractivity (Wildman–Crippen MR) is 82.8 cm³/mol. The number of carbonyl (C=O) groups is 1. The highest BCUT2D eigenvalue weighted by molar-refractivity contribution is 8.00. The van der Waals surface area contributed by atoms with Crippen molar-refractivity contribution in [3.8, 4) is 0 Å². The topological polar surface area (TPSA) is 63.3 Å². The van der Waals surface area contributed by atoms with Crippen LogP contribution < -0.4 is 5.73 Å². The monoisotopic (exact) mass is 297 g/mol. The fraction of sp³-hybridized carbons (Fsp3) is 0.923. The standard InChI is InChI=1S/C13H27NO2S.ClH/c1-4-6-7-8-9-10-13(3,17-5-2)11(14)12(15)16;/h11H,4-10,14H2,1-3H3,(H,15,16);1H. The summed E-state index contributed by atoms with van der Waals surface area (Å²) in [6.45, 7) is 6.23. The normalized spacial score (nSPS) is 15.6. The zero-order valence-corrected chi connectivity index (χ0v) is 13.4. The van der Waals surface area contributed by atoms with Crippen molar-refractivity contribution in [2.24, 2.45) is 5.73 Å². The number of unbranched alkanes of at least 4 members (excludes halogenated alkanes) is 4. The second kappa shape index (κ2) is 10.9. The van der Waals surface area contributed by atoms with Gasteiger partial charge in [-0.15, -0.1) is 12.4 Å². The predicted octanol–water partition coefficient (Wildman–Crippen LogP) is 3.69. The molecule has 0 aliphatic heterocycles. The van der Waals surface area contributed by atoms with Crippen LogP contribution in [0.3, 0.4) is 0 Å². The van der Waals surface area contributed by atoms with Crippen LogP contribution in [0.5, 0.6) is 0 Å². The molecule has 0 heterocycles. The number of nitrogens with two attached hydrogens (primary N) is 1. The van der Waals surface area contributed by atoms with Crippen LogP contribution in [-0.2, 0) is 4.79 Å². The van der Waals surface area contributed by atoms with Gasteiger partial charge in [0, 0.05) is 4.75 Å². The summed E-state index contributed by atoms with van der Waals surface area (Å²) in [7, 11) is 0. The first kappa shape index (κ1) is 20.4. The first-order valence-corrected chi connectivity index (χ1v) is 7.58. The summed E-state index contributed by atoms with van der Waals surface area (Å²) in [4.78, 5) is 11.0. The van der Waals surface area contributed by atoms with E-state index in [0.29, 0.717) is 0 Å². The maximum atomic E-state index is 11.0. The van der Waals surface area contributed by atoms with E-state index in [2.05, 4.69) is 13.8 Å². The van der Waals surface area contributed by atoms with Gasteiger partial charge in [-0.2, -0.15) is 11.8 Å². The van der Waals surface area contributed by atoms with Crippen molar-refractivity contribution in [2.45, 2.75) is 70.1 Å². The number of halogens is 1. The Labute approximate surface area is 122 Å². The molecule has 0 spiro atoms. The van der Waals surface area contributed by atoms with E-state index in [1.54, 1.807) is 11.8 Å². The summed E-state index contributed by atoms with van der Waals surface area (Å²) in [6, 6.07) is -0.765. The van der Waals surface area contributed by atoms with E-state index >= 15 is 0 Å². The Morgan fingerprint density at radius 3 is 2.28 bits per heavy atom. The number of thioether (sulfide) groups is 1. The van der Waals surface area contributed by atoms with Gasteiger partial charge in [-0.1, -0.05) is 46.0 Å². The zero-order chi connectivity index (χ0) is 13.3. The second-order valence-electron chi connectivity index (χ2n) is 4.73. The van der Waals surface area contributed by atoms with Crippen LogP contribution in [0.4, 0.5) is 0 Å². The summed E-state index contributed by atoms with van der Waals surface area (Å²) in [6.07, 6.45) is 6.89. The lowest BCUT2D eigenvalue weighted by molar-refractivity contribution is -0.139. The summed E-state index contributed by atoms with van der Waals surface area (Å²) in [5.41, 5.74) is 5.80. The molecule has 2 unspecified atom stereocenters. The number of carboxylic acids is 1. The molecule has 0 fully saturated rings. The first-order valence-electron chi connectivity index (χ1n) is 6.60. The lowest BCUT2D eigenvalue weighted by atomic mass is 9.94. The van der Waals surface area contributed by atoms with E-state index in [-0.39, 0.29) is 17.2 Å². The molecular weight excluding hydrogens is 270 g/mol. The van der Waals surface area contributed by atoms with Crippen molar-refractivity contribution in [1.82, 2.24) is 0 Å². The van der Waals surface area contributed by atoms with Crippen molar-refractivity contribution in [1.29, 1.82) is 0 Å². The molecule has 0 radical (unpaired) electrons. The van der Waals surface area contributed by atoms with E-state index in [1.807, 2.05) is 6.92 Å². The van der Waals surface area contributed by atoms with E-state index in [9.17, 15) is 4.79 Å². The minimum Gasteiger partial charge on any atom is -0.480 e. The minimum absolute atomic E-state index is 0. The Hall–Kier alpha value is 0.0700. The fourth-order valence-corrected chi connectivity index (χ4v) is 3.22. The molecule has 2 atom stereocenters. The first-order chi connectivity index (χ1) is 7.98. The number of aliphatic carboxylic acids is 1. The van der Waals surface area contributed by atoms with Gasteiger partial charge < -0.3 is 10.8 Å². The van der Waals surface area contributed by atoms with Gasteiger partial charge in [-0.25, -0.2) is 0 Å². The Bertz CT molecular complexity index is 229. The summed E-state index contributed by atoms with van der Waals surface area (Å²) in [5.74, 6) is 0.0221. The van der Waals surface area contributed by atoms with Crippen molar-refractivity contribution in [3.05, 3.63) is 0 Å². The molecule has 0 aromatic carbocycles. The smallest absolute Gasteiger partial charge is 0.321 e. The van der Waals surface area contributed by atoms with E-state index in [4.69, 9.17) is 10.8 Å². The Morgan fingerprint density at radius 2 is 1.83 bits per heavy atom. The maximum Gasteiger partial charge on any atom is 0.321 e. The molecule has 110 valence electrons. The Kier molecular flexibility index (Phi) is 12.4. The van der Waals surface area contributed by atoms with E-state index < -0.39 is 12.0 Å². The van der Waals surface area contributed by atoms with Gasteiger partial charge in [0.05, 0.1) is 0 Å². The lowest BCUT2D eigenvalue weighted by Gasteiger charge is -2.32. The summed E-state index contributed by atoms with van der Waals surface area (Å²) >= 11 is 1.67. The molecule has 0 aliphatic carbocycles. The summed E-state index contributed by atoms with van der Waals surface area (Å²) in [5, 5.41) is 9.05. The van der Waals surface area contributed by atoms with Crippen LogP contribution in [0.2, 0.25) is 0 Å². The third-order valence-electron chi connectivity index (χ3n) is 3.17. The molecule has 3 N–H and O–H groups in total. The molecule has 0 bridgehead atoms. The van der Waals surface area contributed by atoms with Crippen LogP contribution in [-0.4, -0.2) is 27.6 Å². The largest absolute Gasteiger partial charge is 0.480 e. The van der Waals surface area contributed by atoms with E-state index in [0.717, 1.165) is 18.6 Å². The van der Waals surface area contributed by atoms with Gasteiger partial charge in [0.25, 0.3) is 0 Å². The average molecular weight is 298 g/mol. The van der Waals surface area contributed by atoms with Gasteiger partial charge in [-0.05, 0) is 19.1 Å². The molecule has 0 aromatic heterocycles. The summed E-state index contributed by atoms with van der Waals surface area (Å²) < 4.78 is -0.327. The average Bonchev–Trinajstić information content (AvgIpc) is 2.28. The molecule has 18 heavy (non-hydrogen) atoms. The highest BCUT2D eigenvalue weighted by Gasteiger charge is 2.35. The second-order valence-corrected chi connectivity index (χ2v) is 6.52. The van der Waals surface area contributed by atoms with Gasteiger partial charge in [-0.3, -0.25) is 4.79 Å². The van der Waals surface area contributed by atoms with Crippen LogP contribution in [0.25, 0.3) is 0 Å². The number of carboxylic acid groups (broad SMARTS) is 1. The Balaban J connectivity index is 0. The van der Waals surface area contributed by atoms with Crippen molar-refractivity contribution in [3.63, 3.8) is 0 Å². The number of rotatable bonds is 10. The minimum atomic E-state index is -0.887. The van der Waals surface area contributed by atoms with Crippen molar-refractivity contribution >= 4 is 30.1 Å². The van der Waals surface area contributed by atoms with E-state index in [1.165, 1.54) is 25.7 Å². The zero-order valence-electron chi connectivity index (χ0n) is 11.8.